The summed E-state index contributed by atoms with van der Waals surface area (Å²) in [5, 5.41) is 2.07. The van der Waals surface area contributed by atoms with Gasteiger partial charge in [0.25, 0.3) is 0 Å². The first-order valence-electron chi connectivity index (χ1n) is 15.0. The smallest absolute Gasteiger partial charge is 0.416 e. The molecule has 1 fully saturated rings. The number of para-hydroxylation sites is 1. The molecule has 2 aliphatic rings. The van der Waals surface area contributed by atoms with E-state index in [4.69, 9.17) is 15.2 Å². The predicted octanol–water partition coefficient (Wildman–Crippen LogP) is 6.38. The topological polar surface area (TPSA) is 71.3 Å². The Balaban J connectivity index is 0.940. The molecule has 0 amide bonds. The van der Waals surface area contributed by atoms with Crippen LogP contribution >= 0.6 is 11.8 Å². The van der Waals surface area contributed by atoms with Crippen molar-refractivity contribution in [3.63, 3.8) is 0 Å². The highest BCUT2D eigenvalue weighted by Gasteiger charge is 2.33. The Morgan fingerprint density at radius 1 is 0.800 bits per heavy atom. The van der Waals surface area contributed by atoms with Gasteiger partial charge < -0.3 is 19.3 Å². The van der Waals surface area contributed by atoms with Crippen LogP contribution in [0, 0.1) is 0 Å². The summed E-state index contributed by atoms with van der Waals surface area (Å²) < 4.78 is 51.5. The summed E-state index contributed by atoms with van der Waals surface area (Å²) in [6.07, 6.45) is -4.79. The first-order valence-corrected chi connectivity index (χ1v) is 15.8. The van der Waals surface area contributed by atoms with E-state index in [1.807, 2.05) is 65.6 Å². The number of ether oxygens (including phenoxy) is 2. The molecule has 0 aromatic heterocycles. The molecule has 6 rings (SSSR count). The van der Waals surface area contributed by atoms with Crippen molar-refractivity contribution in [2.24, 2.45) is 5.73 Å². The Labute approximate surface area is 264 Å². The second-order valence-corrected chi connectivity index (χ2v) is 12.2. The lowest BCUT2D eigenvalue weighted by Crippen LogP contribution is -2.48. The Bertz CT molecular complexity index is 1640. The van der Waals surface area contributed by atoms with E-state index in [1.165, 1.54) is 17.8 Å². The molecular formula is C34H35F3N4O3S. The molecule has 0 aliphatic carbocycles. The Morgan fingerprint density at radius 2 is 1.49 bits per heavy atom. The van der Waals surface area contributed by atoms with Gasteiger partial charge in [0.1, 0.15) is 12.4 Å². The fourth-order valence-corrected chi connectivity index (χ4v) is 6.80. The lowest BCUT2D eigenvalue weighted by molar-refractivity contribution is -0.152. The van der Waals surface area contributed by atoms with Crippen LogP contribution in [0.25, 0.3) is 10.8 Å². The van der Waals surface area contributed by atoms with Crippen LogP contribution < -0.4 is 15.4 Å². The zero-order valence-electron chi connectivity index (χ0n) is 24.7. The second kappa shape index (κ2) is 13.7. The number of alkyl halides is 3. The summed E-state index contributed by atoms with van der Waals surface area (Å²) in [6, 6.07) is 25.3. The molecule has 1 unspecified atom stereocenters. The minimum absolute atomic E-state index is 0.222. The second-order valence-electron chi connectivity index (χ2n) is 11.2. The number of nitrogens with two attached hydrogens (primary N) is 1. The molecule has 7 nitrogen and oxygen atoms in total. The third kappa shape index (κ3) is 7.55. The van der Waals surface area contributed by atoms with E-state index in [0.717, 1.165) is 71.5 Å². The average molecular weight is 637 g/mol. The number of benzene rings is 4. The SMILES string of the molecule is NC(Oc1ccc2ccccc2c1)C(=O)OCCN1CCN(CCCN2c3ccccc3Sc3ccc(C(F)(F)F)cc32)CC1. The minimum atomic E-state index is -4.39. The highest BCUT2D eigenvalue weighted by Crippen LogP contribution is 2.49. The number of carbonyl (C=O) groups is 1. The van der Waals surface area contributed by atoms with Crippen molar-refractivity contribution < 1.29 is 27.4 Å². The van der Waals surface area contributed by atoms with Gasteiger partial charge in [0.15, 0.2) is 0 Å². The van der Waals surface area contributed by atoms with Gasteiger partial charge in [-0.25, -0.2) is 4.79 Å². The molecule has 2 N–H and O–H groups in total. The van der Waals surface area contributed by atoms with Crippen LogP contribution in [-0.4, -0.2) is 74.4 Å². The largest absolute Gasteiger partial charge is 0.464 e. The normalized spacial score (nSPS) is 16.2. The van der Waals surface area contributed by atoms with Gasteiger partial charge >= 0.3 is 12.1 Å². The Kier molecular flexibility index (Phi) is 9.50. The number of nitrogens with zero attached hydrogens (tertiary/aromatic N) is 3. The summed E-state index contributed by atoms with van der Waals surface area (Å²) in [5.74, 6) is -0.101. The molecule has 0 radical (unpaired) electrons. The van der Waals surface area contributed by atoms with Crippen molar-refractivity contribution in [1.82, 2.24) is 9.80 Å². The number of rotatable bonds is 10. The van der Waals surface area contributed by atoms with Gasteiger partial charge in [-0.2, -0.15) is 13.2 Å². The van der Waals surface area contributed by atoms with Gasteiger partial charge in [-0.15, -0.1) is 0 Å². The third-order valence-corrected chi connectivity index (χ3v) is 9.27. The van der Waals surface area contributed by atoms with Gasteiger partial charge in [0, 0.05) is 49.1 Å². The number of piperazine rings is 1. The lowest BCUT2D eigenvalue weighted by Gasteiger charge is -2.36. The van der Waals surface area contributed by atoms with E-state index in [0.29, 0.717) is 24.5 Å². The minimum Gasteiger partial charge on any atom is -0.464 e. The van der Waals surface area contributed by atoms with Crippen molar-refractivity contribution in [2.45, 2.75) is 28.6 Å². The Hall–Kier alpha value is -3.77. The molecule has 4 aromatic rings. The lowest BCUT2D eigenvalue weighted by atomic mass is 10.1. The van der Waals surface area contributed by atoms with Crippen LogP contribution in [0.3, 0.4) is 0 Å². The molecule has 236 valence electrons. The predicted molar refractivity (Wildman–Crippen MR) is 170 cm³/mol. The van der Waals surface area contributed by atoms with Crippen LogP contribution in [-0.2, 0) is 15.7 Å². The van der Waals surface area contributed by atoms with Crippen LogP contribution in [0.1, 0.15) is 12.0 Å². The molecular weight excluding hydrogens is 601 g/mol. The van der Waals surface area contributed by atoms with Gasteiger partial charge in [-0.3, -0.25) is 10.6 Å². The van der Waals surface area contributed by atoms with E-state index in [9.17, 15) is 18.0 Å². The van der Waals surface area contributed by atoms with Gasteiger partial charge in [-0.05, 0) is 66.2 Å². The summed E-state index contributed by atoms with van der Waals surface area (Å²) in [5.41, 5.74) is 6.85. The molecule has 2 aliphatic heterocycles. The summed E-state index contributed by atoms with van der Waals surface area (Å²) in [4.78, 5) is 20.9. The fraction of sp³-hybridized carbons (Fsp3) is 0.324. The van der Waals surface area contributed by atoms with Crippen LogP contribution in [0.4, 0.5) is 24.5 Å². The quantitative estimate of drug-likeness (QED) is 0.159. The third-order valence-electron chi connectivity index (χ3n) is 8.14. The molecule has 2 heterocycles. The number of fused-ring (bicyclic) bond motifs is 3. The van der Waals surface area contributed by atoms with Crippen LogP contribution in [0.5, 0.6) is 5.75 Å². The number of halogens is 3. The average Bonchev–Trinajstić information content (AvgIpc) is 3.04. The number of hydrogen-bond donors (Lipinski definition) is 1. The molecule has 45 heavy (non-hydrogen) atoms. The van der Waals surface area contributed by atoms with E-state index in [2.05, 4.69) is 9.80 Å². The molecule has 4 aromatic carbocycles. The zero-order valence-corrected chi connectivity index (χ0v) is 25.5. The van der Waals surface area contributed by atoms with E-state index < -0.39 is 23.9 Å². The standard InChI is InChI=1S/C34H35F3N4O3S/c35-34(36,37)26-11-13-31-29(23-26)41(28-8-3-4-9-30(28)45-31)15-5-14-39-16-18-40(19-17-39)20-21-43-33(42)32(38)44-27-12-10-24-6-1-2-7-25(24)22-27/h1-4,6-13,22-23,32H,5,14-21,38H2. The van der Waals surface area contributed by atoms with Crippen molar-refractivity contribution in [2.75, 3.05) is 57.3 Å². The van der Waals surface area contributed by atoms with Crippen molar-refractivity contribution >= 4 is 39.9 Å². The van der Waals surface area contributed by atoms with Crippen molar-refractivity contribution in [3.05, 3.63) is 90.5 Å². The molecule has 0 bridgehead atoms. The summed E-state index contributed by atoms with van der Waals surface area (Å²) in [6.45, 7) is 5.66. The van der Waals surface area contributed by atoms with Crippen molar-refractivity contribution in [3.8, 4) is 5.75 Å². The first kappa shape index (κ1) is 31.2. The van der Waals surface area contributed by atoms with Gasteiger partial charge in [-0.1, -0.05) is 54.2 Å². The van der Waals surface area contributed by atoms with E-state index in [-0.39, 0.29) is 6.61 Å². The zero-order chi connectivity index (χ0) is 31.4. The fourth-order valence-electron chi connectivity index (χ4n) is 5.73. The highest BCUT2D eigenvalue weighted by molar-refractivity contribution is 7.99. The monoisotopic (exact) mass is 636 g/mol. The summed E-state index contributed by atoms with van der Waals surface area (Å²) >= 11 is 1.51. The molecule has 1 atom stereocenters. The van der Waals surface area contributed by atoms with Crippen LogP contribution in [0.2, 0.25) is 0 Å². The van der Waals surface area contributed by atoms with Crippen LogP contribution in [0.15, 0.2) is 94.7 Å². The number of esters is 1. The summed E-state index contributed by atoms with van der Waals surface area (Å²) in [7, 11) is 0. The van der Waals surface area contributed by atoms with Gasteiger partial charge in [0.2, 0.25) is 6.23 Å². The number of anilines is 2. The molecule has 1 saturated heterocycles. The van der Waals surface area contributed by atoms with E-state index in [1.54, 1.807) is 12.1 Å². The molecule has 0 spiro atoms. The first-order chi connectivity index (χ1) is 21.7. The highest BCUT2D eigenvalue weighted by atomic mass is 32.2. The van der Waals surface area contributed by atoms with Gasteiger partial charge in [0.05, 0.1) is 16.9 Å². The number of hydrogen-bond acceptors (Lipinski definition) is 8. The maximum atomic E-state index is 13.5. The van der Waals surface area contributed by atoms with Crippen molar-refractivity contribution in [1.29, 1.82) is 0 Å². The van der Waals surface area contributed by atoms with E-state index >= 15 is 0 Å². The maximum Gasteiger partial charge on any atom is 0.416 e. The molecule has 11 heteroatoms. The maximum absolute atomic E-state index is 13.5. The number of carbonyl (C=O) groups excluding carboxylic acids is 1. The molecule has 0 saturated carbocycles. The Morgan fingerprint density at radius 3 is 2.27 bits per heavy atom.